The van der Waals surface area contributed by atoms with E-state index in [9.17, 15) is 4.79 Å². The van der Waals surface area contributed by atoms with Gasteiger partial charge in [0.2, 0.25) is 5.91 Å². The summed E-state index contributed by atoms with van der Waals surface area (Å²) in [6.45, 7) is 7.71. The van der Waals surface area contributed by atoms with Crippen molar-refractivity contribution in [2.45, 2.75) is 51.1 Å². The first-order valence-electron chi connectivity index (χ1n) is 8.07. The second-order valence-corrected chi connectivity index (χ2v) is 6.07. The first-order valence-corrected chi connectivity index (χ1v) is 8.07. The molecule has 0 spiro atoms. The van der Waals surface area contributed by atoms with Crippen LogP contribution in [0.3, 0.4) is 0 Å². The fourth-order valence-electron chi connectivity index (χ4n) is 3.04. The zero-order valence-electron chi connectivity index (χ0n) is 12.7. The van der Waals surface area contributed by atoms with Gasteiger partial charge in [0.15, 0.2) is 0 Å². The number of ether oxygens (including phenoxy) is 1. The number of hydrogen-bond acceptors (Lipinski definition) is 4. The van der Waals surface area contributed by atoms with E-state index in [4.69, 9.17) is 4.74 Å². The van der Waals surface area contributed by atoms with Crippen LogP contribution in [0.5, 0.6) is 0 Å². The molecular weight excluding hydrogens is 254 g/mol. The Morgan fingerprint density at radius 1 is 1.40 bits per heavy atom. The van der Waals surface area contributed by atoms with E-state index < -0.39 is 0 Å². The Balaban J connectivity index is 1.57. The molecule has 5 nitrogen and oxygen atoms in total. The summed E-state index contributed by atoms with van der Waals surface area (Å²) in [7, 11) is 0. The Kier molecular flexibility index (Phi) is 6.76. The maximum atomic E-state index is 12.0. The van der Waals surface area contributed by atoms with Crippen LogP contribution >= 0.6 is 0 Å². The third-order valence-electron chi connectivity index (χ3n) is 4.18. The van der Waals surface area contributed by atoms with E-state index in [0.29, 0.717) is 12.5 Å². The highest BCUT2D eigenvalue weighted by molar-refractivity contribution is 5.76. The van der Waals surface area contributed by atoms with Crippen molar-refractivity contribution in [3.63, 3.8) is 0 Å². The summed E-state index contributed by atoms with van der Waals surface area (Å²) in [5.74, 6) is 0.193. The third-order valence-corrected chi connectivity index (χ3v) is 4.18. The summed E-state index contributed by atoms with van der Waals surface area (Å²) in [6, 6.07) is 0.768. The van der Waals surface area contributed by atoms with Crippen LogP contribution in [0.4, 0.5) is 0 Å². The second kappa shape index (κ2) is 8.60. The zero-order chi connectivity index (χ0) is 14.2. The molecule has 2 aliphatic heterocycles. The molecule has 2 saturated heterocycles. The Labute approximate surface area is 122 Å². The number of amides is 1. The molecule has 0 saturated carbocycles. The molecule has 2 heterocycles. The predicted molar refractivity (Wildman–Crippen MR) is 79.7 cm³/mol. The molecule has 2 aliphatic rings. The molecule has 2 unspecified atom stereocenters. The van der Waals surface area contributed by atoms with Gasteiger partial charge in [0, 0.05) is 38.1 Å². The lowest BCUT2D eigenvalue weighted by molar-refractivity contribution is -0.122. The van der Waals surface area contributed by atoms with Crippen LogP contribution in [-0.2, 0) is 9.53 Å². The molecule has 1 amide bonds. The van der Waals surface area contributed by atoms with Crippen molar-refractivity contribution in [2.24, 2.45) is 0 Å². The molecule has 5 heteroatoms. The van der Waals surface area contributed by atoms with Gasteiger partial charge in [-0.05, 0) is 32.7 Å². The molecule has 20 heavy (non-hydrogen) atoms. The van der Waals surface area contributed by atoms with Crippen LogP contribution in [0, 0.1) is 0 Å². The number of nitrogens with one attached hydrogen (secondary N) is 2. The summed E-state index contributed by atoms with van der Waals surface area (Å²) < 4.78 is 5.33. The molecular formula is C15H29N3O2. The van der Waals surface area contributed by atoms with Gasteiger partial charge in [0.25, 0.3) is 0 Å². The van der Waals surface area contributed by atoms with Crippen molar-refractivity contribution in [2.75, 3.05) is 39.4 Å². The van der Waals surface area contributed by atoms with E-state index >= 15 is 0 Å². The van der Waals surface area contributed by atoms with Crippen LogP contribution in [0.15, 0.2) is 0 Å². The quantitative estimate of drug-likeness (QED) is 0.755. The normalized spacial score (nSPS) is 26.1. The highest BCUT2D eigenvalue weighted by Crippen LogP contribution is 2.11. The van der Waals surface area contributed by atoms with E-state index in [1.807, 2.05) is 0 Å². The number of carbonyl (C=O) groups excluding carboxylic acids is 1. The first-order chi connectivity index (χ1) is 9.74. The van der Waals surface area contributed by atoms with Gasteiger partial charge in [-0.25, -0.2) is 0 Å². The standard InChI is InChI=1S/C15H29N3O2/c1-13(12-18-8-10-20-11-9-18)17-15(19)6-5-14-4-2-3-7-16-14/h13-14,16H,2-12H2,1H3,(H,17,19). The molecule has 2 fully saturated rings. The van der Waals surface area contributed by atoms with Crippen LogP contribution in [0.25, 0.3) is 0 Å². The number of nitrogens with zero attached hydrogens (tertiary/aromatic N) is 1. The monoisotopic (exact) mass is 283 g/mol. The highest BCUT2D eigenvalue weighted by Gasteiger charge is 2.17. The summed E-state index contributed by atoms with van der Waals surface area (Å²) >= 11 is 0. The number of piperidine rings is 1. The van der Waals surface area contributed by atoms with E-state index in [0.717, 1.165) is 45.8 Å². The molecule has 0 radical (unpaired) electrons. The molecule has 0 bridgehead atoms. The average molecular weight is 283 g/mol. The zero-order valence-corrected chi connectivity index (χ0v) is 12.7. The minimum absolute atomic E-state index is 0.193. The van der Waals surface area contributed by atoms with Gasteiger partial charge in [-0.3, -0.25) is 9.69 Å². The molecule has 0 aromatic carbocycles. The van der Waals surface area contributed by atoms with Gasteiger partial charge in [-0.15, -0.1) is 0 Å². The Bertz CT molecular complexity index is 287. The molecule has 0 aromatic heterocycles. The maximum Gasteiger partial charge on any atom is 0.220 e. The molecule has 2 atom stereocenters. The summed E-state index contributed by atoms with van der Waals surface area (Å²) in [4.78, 5) is 14.3. The van der Waals surface area contributed by atoms with Crippen LogP contribution in [0.1, 0.15) is 39.0 Å². The van der Waals surface area contributed by atoms with E-state index in [-0.39, 0.29) is 11.9 Å². The predicted octanol–water partition coefficient (Wildman–Crippen LogP) is 0.746. The maximum absolute atomic E-state index is 12.0. The van der Waals surface area contributed by atoms with E-state index in [2.05, 4.69) is 22.5 Å². The third kappa shape index (κ3) is 5.77. The lowest BCUT2D eigenvalue weighted by Gasteiger charge is -2.29. The van der Waals surface area contributed by atoms with Crippen LogP contribution < -0.4 is 10.6 Å². The fraction of sp³-hybridized carbons (Fsp3) is 0.933. The number of hydrogen-bond donors (Lipinski definition) is 2. The minimum atomic E-state index is 0.193. The summed E-state index contributed by atoms with van der Waals surface area (Å²) in [6.07, 6.45) is 5.41. The van der Waals surface area contributed by atoms with Gasteiger partial charge in [-0.2, -0.15) is 0 Å². The molecule has 2 N–H and O–H groups in total. The van der Waals surface area contributed by atoms with Gasteiger partial charge in [-0.1, -0.05) is 6.42 Å². The lowest BCUT2D eigenvalue weighted by atomic mass is 10.0. The lowest BCUT2D eigenvalue weighted by Crippen LogP contribution is -2.46. The SMILES string of the molecule is CC(CN1CCOCC1)NC(=O)CCC1CCCCN1. The van der Waals surface area contributed by atoms with Crippen molar-refractivity contribution in [1.82, 2.24) is 15.5 Å². The molecule has 2 rings (SSSR count). The van der Waals surface area contributed by atoms with Crippen molar-refractivity contribution < 1.29 is 9.53 Å². The van der Waals surface area contributed by atoms with Crippen LogP contribution in [0.2, 0.25) is 0 Å². The topological polar surface area (TPSA) is 53.6 Å². The van der Waals surface area contributed by atoms with E-state index in [1.165, 1.54) is 19.3 Å². The number of carbonyl (C=O) groups is 1. The van der Waals surface area contributed by atoms with Crippen LogP contribution in [-0.4, -0.2) is 62.3 Å². The first kappa shape index (κ1) is 15.7. The van der Waals surface area contributed by atoms with Gasteiger partial charge in [0.1, 0.15) is 0 Å². The van der Waals surface area contributed by atoms with E-state index in [1.54, 1.807) is 0 Å². The smallest absolute Gasteiger partial charge is 0.220 e. The molecule has 0 aliphatic carbocycles. The van der Waals surface area contributed by atoms with Crippen molar-refractivity contribution in [3.8, 4) is 0 Å². The van der Waals surface area contributed by atoms with Gasteiger partial charge < -0.3 is 15.4 Å². The Morgan fingerprint density at radius 2 is 2.20 bits per heavy atom. The van der Waals surface area contributed by atoms with Gasteiger partial charge in [0.05, 0.1) is 13.2 Å². The highest BCUT2D eigenvalue weighted by atomic mass is 16.5. The minimum Gasteiger partial charge on any atom is -0.379 e. The Morgan fingerprint density at radius 3 is 2.90 bits per heavy atom. The Hall–Kier alpha value is -0.650. The summed E-state index contributed by atoms with van der Waals surface area (Å²) in [5.41, 5.74) is 0. The largest absolute Gasteiger partial charge is 0.379 e. The molecule has 0 aromatic rings. The van der Waals surface area contributed by atoms with Gasteiger partial charge >= 0.3 is 0 Å². The fourth-order valence-corrected chi connectivity index (χ4v) is 3.04. The number of rotatable bonds is 6. The average Bonchev–Trinajstić information content (AvgIpc) is 2.47. The second-order valence-electron chi connectivity index (χ2n) is 6.07. The molecule has 116 valence electrons. The summed E-state index contributed by atoms with van der Waals surface area (Å²) in [5, 5.41) is 6.61. The number of morpholine rings is 1. The van der Waals surface area contributed by atoms with Crippen molar-refractivity contribution in [1.29, 1.82) is 0 Å². The van der Waals surface area contributed by atoms with Crippen molar-refractivity contribution in [3.05, 3.63) is 0 Å². The van der Waals surface area contributed by atoms with Crippen molar-refractivity contribution >= 4 is 5.91 Å².